The summed E-state index contributed by atoms with van der Waals surface area (Å²) in [5, 5.41) is 24.0. The van der Waals surface area contributed by atoms with E-state index in [-0.39, 0.29) is 97.9 Å². The van der Waals surface area contributed by atoms with E-state index in [4.69, 9.17) is 15.2 Å². The molecule has 0 saturated carbocycles. The van der Waals surface area contributed by atoms with Crippen LogP contribution in [0.2, 0.25) is 0 Å². The fraction of sp³-hybridized carbons (Fsp3) is 0.638. The largest absolute Gasteiger partial charge is 0.480 e. The Labute approximate surface area is 555 Å². The highest BCUT2D eigenvalue weighted by Crippen LogP contribution is 2.30. The molecular formula is C69H107N11O14. The summed E-state index contributed by atoms with van der Waals surface area (Å²) < 4.78 is 12.0. The first kappa shape index (κ1) is 78.7. The number of urea groups is 1. The molecule has 11 amide bonds. The number of methoxy groups -OCH3 is 2. The second kappa shape index (κ2) is 38.6. The molecule has 11 atom stereocenters. The summed E-state index contributed by atoms with van der Waals surface area (Å²) in [6.07, 6.45) is 5.38. The number of nitrogens with zero attached hydrogens (tertiary/aromatic N) is 5. The van der Waals surface area contributed by atoms with Gasteiger partial charge < -0.3 is 61.6 Å². The average Bonchev–Trinajstić information content (AvgIpc) is 1.33. The van der Waals surface area contributed by atoms with Crippen molar-refractivity contribution in [2.24, 2.45) is 35.3 Å². The molecule has 0 bridgehead atoms. The summed E-state index contributed by atoms with van der Waals surface area (Å²) in [5.41, 5.74) is 7.49. The number of rotatable bonds is 40. The van der Waals surface area contributed by atoms with Crippen molar-refractivity contribution in [3.63, 3.8) is 0 Å². The standard InChI is InChI=1S/C69H107N11O14/c1-15-45(8)61(53(93-13)41-57(84)79-38-23-27-52(79)62(94-14)46(9)63(85)73-51(68(90)91)40-48-24-18-16-19-25-48)78(12)67(89)59(43(4)5)75-65(87)60(44(6)7)76(10)39-35-47-29-31-49(32-30-47)77(11)66(88)50(26-22-36-71-69(70)92)72-64(86)58(42(2)3)74-54(81)28-20-17-21-37-80-55(82)33-34-56(80)83/h16,18-19,24-25,29-34,42-46,50-53,58-62H,15,17,20-23,26-28,35-41H2,1-14H3,(H,72,86)(H,73,85)(H,74,81)(H,75,87)(H,90,91)(H3,70,71,92)/t45-,46+,50-,51-,52-,53-,58-,59-,60-,61-,62-/m0/s1. The highest BCUT2D eigenvalue weighted by Gasteiger charge is 2.44. The zero-order valence-electron chi connectivity index (χ0n) is 57.8. The van der Waals surface area contributed by atoms with E-state index < -0.39 is 90.1 Å². The molecule has 2 heterocycles. The van der Waals surface area contributed by atoms with Crippen molar-refractivity contribution in [2.45, 2.75) is 194 Å². The predicted octanol–water partition coefficient (Wildman–Crippen LogP) is 4.58. The Hall–Kier alpha value is -7.77. The molecule has 2 aliphatic heterocycles. The molecule has 0 radical (unpaired) electrons. The lowest BCUT2D eigenvalue weighted by Crippen LogP contribution is -2.60. The molecule has 2 aromatic carbocycles. The van der Waals surface area contributed by atoms with Crippen LogP contribution in [0.15, 0.2) is 66.7 Å². The quantitative estimate of drug-likeness (QED) is 0.0355. The summed E-state index contributed by atoms with van der Waals surface area (Å²) in [7, 11) is 8.11. The maximum Gasteiger partial charge on any atom is 0.326 e. The molecule has 1 saturated heterocycles. The number of carbonyl (C=O) groups is 11. The van der Waals surface area contributed by atoms with Crippen molar-refractivity contribution in [1.29, 1.82) is 0 Å². The third kappa shape index (κ3) is 23.0. The molecule has 8 N–H and O–H groups in total. The number of amides is 11. The maximum atomic E-state index is 14.9. The van der Waals surface area contributed by atoms with Crippen molar-refractivity contribution in [1.82, 2.24) is 46.2 Å². The SMILES string of the molecule is CC[C@H](C)[C@@H]([C@H](CC(=O)N1CCC[C@H]1[C@@H](OC)[C@@H](C)C(=O)N[C@@H](Cc1ccccc1)C(=O)O)OC)N(C)C(=O)[C@@H](NC(=O)[C@H](C(C)C)N(C)CCc1ccc(N(C)C(=O)[C@H](CCCNC(N)=O)NC(=O)[C@@H](NC(=O)CCCCCN2C(=O)C=CC2=O)C(C)C)cc1)C(C)C. The van der Waals surface area contributed by atoms with E-state index in [2.05, 4.69) is 26.6 Å². The highest BCUT2D eigenvalue weighted by molar-refractivity contribution is 6.12. The number of carbonyl (C=O) groups excluding carboxylic acids is 10. The number of likely N-dealkylation sites (N-methyl/N-ethyl adjacent to an activating group) is 3. The van der Waals surface area contributed by atoms with Gasteiger partial charge in [-0.25, -0.2) is 9.59 Å². The van der Waals surface area contributed by atoms with Gasteiger partial charge in [0.05, 0.1) is 42.7 Å². The van der Waals surface area contributed by atoms with Crippen LogP contribution in [0, 0.1) is 29.6 Å². The van der Waals surface area contributed by atoms with Gasteiger partial charge in [0.15, 0.2) is 0 Å². The van der Waals surface area contributed by atoms with Gasteiger partial charge in [-0.2, -0.15) is 0 Å². The zero-order valence-corrected chi connectivity index (χ0v) is 57.8. The minimum Gasteiger partial charge on any atom is -0.480 e. The summed E-state index contributed by atoms with van der Waals surface area (Å²) in [5.74, 6) is -6.51. The number of anilines is 1. The predicted molar refractivity (Wildman–Crippen MR) is 357 cm³/mol. The number of primary amides is 1. The summed E-state index contributed by atoms with van der Waals surface area (Å²) >= 11 is 0. The molecule has 0 aliphatic carbocycles. The number of likely N-dealkylation sites (tertiary alicyclic amines) is 1. The smallest absolute Gasteiger partial charge is 0.326 e. The Balaban J connectivity index is 1.40. The van der Waals surface area contributed by atoms with Gasteiger partial charge in [-0.15, -0.1) is 0 Å². The van der Waals surface area contributed by atoms with Gasteiger partial charge in [-0.1, -0.05) is 118 Å². The zero-order chi connectivity index (χ0) is 70.1. The molecular weight excluding hydrogens is 1210 g/mol. The molecule has 25 nitrogen and oxygen atoms in total. The molecule has 0 spiro atoms. The second-order valence-electron chi connectivity index (χ2n) is 26.1. The van der Waals surface area contributed by atoms with Crippen LogP contribution >= 0.6 is 0 Å². The van der Waals surface area contributed by atoms with Crippen LogP contribution in [0.4, 0.5) is 10.5 Å². The van der Waals surface area contributed by atoms with Gasteiger partial charge in [-0.3, -0.25) is 53.0 Å². The van der Waals surface area contributed by atoms with E-state index in [0.29, 0.717) is 70.1 Å². The van der Waals surface area contributed by atoms with Crippen LogP contribution in [0.1, 0.15) is 138 Å². The van der Waals surface area contributed by atoms with Crippen molar-refractivity contribution in [3.8, 4) is 0 Å². The minimum atomic E-state index is -1.18. The lowest BCUT2D eigenvalue weighted by molar-refractivity contribution is -0.148. The number of benzene rings is 2. The van der Waals surface area contributed by atoms with Crippen molar-refractivity contribution in [2.75, 3.05) is 66.4 Å². The van der Waals surface area contributed by atoms with Gasteiger partial charge in [0, 0.05) is 85.2 Å². The number of imide groups is 1. The van der Waals surface area contributed by atoms with Crippen molar-refractivity contribution in [3.05, 3.63) is 77.9 Å². The number of aliphatic carboxylic acids is 1. The summed E-state index contributed by atoms with van der Waals surface area (Å²) in [4.78, 5) is 154. The Morgan fingerprint density at radius 3 is 1.89 bits per heavy atom. The van der Waals surface area contributed by atoms with Crippen LogP contribution in [0.25, 0.3) is 0 Å². The van der Waals surface area contributed by atoms with Crippen molar-refractivity contribution >= 4 is 70.9 Å². The number of hydrogen-bond acceptors (Lipinski definition) is 14. The monoisotopic (exact) mass is 1310 g/mol. The third-order valence-electron chi connectivity index (χ3n) is 18.2. The van der Waals surface area contributed by atoms with Crippen LogP contribution < -0.4 is 37.2 Å². The van der Waals surface area contributed by atoms with Gasteiger partial charge in [0.2, 0.25) is 41.4 Å². The van der Waals surface area contributed by atoms with Gasteiger partial charge in [-0.05, 0) is 98.9 Å². The van der Waals surface area contributed by atoms with Crippen LogP contribution in [-0.2, 0) is 70.3 Å². The lowest BCUT2D eigenvalue weighted by atomic mass is 9.89. The average molecular weight is 1310 g/mol. The van der Waals surface area contributed by atoms with E-state index in [0.717, 1.165) is 16.0 Å². The summed E-state index contributed by atoms with van der Waals surface area (Å²) in [6, 6.07) is 9.74. The maximum absolute atomic E-state index is 14.9. The Morgan fingerprint density at radius 1 is 0.702 bits per heavy atom. The minimum absolute atomic E-state index is 0.0899. The van der Waals surface area contributed by atoms with Crippen LogP contribution in [0.3, 0.4) is 0 Å². The Bertz CT molecular complexity index is 2870. The third-order valence-corrected chi connectivity index (χ3v) is 18.2. The normalized spacial score (nSPS) is 17.2. The van der Waals surface area contributed by atoms with Gasteiger partial charge in [0.1, 0.15) is 24.2 Å². The molecule has 1 fully saturated rings. The van der Waals surface area contributed by atoms with Crippen LogP contribution in [0.5, 0.6) is 0 Å². The molecule has 522 valence electrons. The number of carboxylic acid groups (broad SMARTS) is 1. The molecule has 0 unspecified atom stereocenters. The van der Waals surface area contributed by atoms with E-state index >= 15 is 0 Å². The van der Waals surface area contributed by atoms with Gasteiger partial charge >= 0.3 is 12.0 Å². The van der Waals surface area contributed by atoms with E-state index in [1.54, 1.807) is 81.1 Å². The number of ether oxygens (including phenoxy) is 2. The molecule has 0 aromatic heterocycles. The highest BCUT2D eigenvalue weighted by atomic mass is 16.5. The number of unbranched alkanes of at least 4 members (excludes halogenated alkanes) is 2. The van der Waals surface area contributed by atoms with E-state index in [1.807, 2.05) is 71.7 Å². The Kier molecular flexibility index (Phi) is 32.3. The van der Waals surface area contributed by atoms with E-state index in [9.17, 15) is 57.8 Å². The number of nitrogens with two attached hydrogens (primary N) is 1. The van der Waals surface area contributed by atoms with Crippen LogP contribution in [-0.4, -0.2) is 206 Å². The Morgan fingerprint density at radius 2 is 1.33 bits per heavy atom. The molecule has 25 heteroatoms. The molecule has 4 rings (SSSR count). The molecule has 94 heavy (non-hydrogen) atoms. The second-order valence-corrected chi connectivity index (χ2v) is 26.1. The number of carboxylic acids is 1. The lowest BCUT2D eigenvalue weighted by Gasteiger charge is -2.41. The number of hydrogen-bond donors (Lipinski definition) is 7. The first-order chi connectivity index (χ1) is 44.5. The molecule has 2 aromatic rings. The fourth-order valence-corrected chi connectivity index (χ4v) is 12.5. The number of nitrogens with one attached hydrogen (secondary N) is 5. The summed E-state index contributed by atoms with van der Waals surface area (Å²) in [6.45, 7) is 18.1. The molecule has 2 aliphatic rings. The first-order valence-corrected chi connectivity index (χ1v) is 33.2. The topological polar surface area (TPSA) is 329 Å². The van der Waals surface area contributed by atoms with Crippen molar-refractivity contribution < 1.29 is 67.3 Å². The van der Waals surface area contributed by atoms with E-state index in [1.165, 1.54) is 31.3 Å². The first-order valence-electron chi connectivity index (χ1n) is 33.2. The fourth-order valence-electron chi connectivity index (χ4n) is 12.5. The van der Waals surface area contributed by atoms with Gasteiger partial charge in [0.25, 0.3) is 11.8 Å².